The first-order valence-corrected chi connectivity index (χ1v) is 4.28. The van der Waals surface area contributed by atoms with E-state index in [4.69, 9.17) is 0 Å². The molecule has 76 valence electrons. The molecule has 0 saturated carbocycles. The first-order valence-electron chi connectivity index (χ1n) is 4.28. The van der Waals surface area contributed by atoms with Crippen molar-refractivity contribution in [1.82, 2.24) is 10.3 Å². The minimum atomic E-state index is -0.329. The standard InChI is InChI=1S/C7H7N.C4H3NO2/c1-2-7-3-5-8-6-4-7;6-3-1-2-4(7)5-3/h2-6H,1H2;1-2H,(H,5,6,7). The lowest BCUT2D eigenvalue weighted by atomic mass is 10.3. The molecule has 15 heavy (non-hydrogen) atoms. The van der Waals surface area contributed by atoms with Gasteiger partial charge in [-0.25, -0.2) is 0 Å². The Kier molecular flexibility index (Phi) is 3.97. The van der Waals surface area contributed by atoms with Gasteiger partial charge in [-0.1, -0.05) is 12.7 Å². The maximum atomic E-state index is 10.0. The third kappa shape index (κ3) is 3.99. The van der Waals surface area contributed by atoms with Crippen molar-refractivity contribution in [3.8, 4) is 0 Å². The molecule has 1 aliphatic heterocycles. The number of hydrogen-bond acceptors (Lipinski definition) is 3. The van der Waals surface area contributed by atoms with Crippen molar-refractivity contribution in [2.24, 2.45) is 0 Å². The Bertz CT molecular complexity index is 380. The van der Waals surface area contributed by atoms with Crippen molar-refractivity contribution in [3.05, 3.63) is 48.8 Å². The van der Waals surface area contributed by atoms with Crippen molar-refractivity contribution in [2.45, 2.75) is 0 Å². The zero-order valence-corrected chi connectivity index (χ0v) is 8.01. The van der Waals surface area contributed by atoms with Gasteiger partial charge in [0, 0.05) is 24.5 Å². The number of amides is 2. The van der Waals surface area contributed by atoms with Gasteiger partial charge >= 0.3 is 0 Å². The number of rotatable bonds is 1. The average Bonchev–Trinajstić information content (AvgIpc) is 2.65. The van der Waals surface area contributed by atoms with Gasteiger partial charge in [0.05, 0.1) is 0 Å². The maximum absolute atomic E-state index is 10.0. The smallest absolute Gasteiger partial charge is 0.250 e. The summed E-state index contributed by atoms with van der Waals surface area (Å²) in [6, 6.07) is 3.82. The predicted octanol–water partition coefficient (Wildman–Crippen LogP) is 0.924. The van der Waals surface area contributed by atoms with Crippen LogP contribution >= 0.6 is 0 Å². The summed E-state index contributed by atoms with van der Waals surface area (Å²) in [6.45, 7) is 3.60. The molecule has 0 saturated heterocycles. The van der Waals surface area contributed by atoms with E-state index in [1.807, 2.05) is 17.4 Å². The number of imide groups is 1. The zero-order chi connectivity index (χ0) is 11.1. The Labute approximate surface area is 87.3 Å². The number of pyridine rings is 1. The van der Waals surface area contributed by atoms with E-state index in [0.29, 0.717) is 0 Å². The third-order valence-electron chi connectivity index (χ3n) is 1.57. The molecule has 0 unspecified atom stereocenters. The normalized spacial score (nSPS) is 12.8. The summed E-state index contributed by atoms with van der Waals surface area (Å²) < 4.78 is 0. The number of nitrogens with zero attached hydrogens (tertiary/aromatic N) is 1. The topological polar surface area (TPSA) is 59.1 Å². The van der Waals surface area contributed by atoms with Crippen molar-refractivity contribution in [2.75, 3.05) is 0 Å². The van der Waals surface area contributed by atoms with E-state index < -0.39 is 0 Å². The molecule has 0 fully saturated rings. The monoisotopic (exact) mass is 202 g/mol. The molecule has 4 heteroatoms. The molecule has 2 heterocycles. The maximum Gasteiger partial charge on any atom is 0.250 e. The molecule has 2 rings (SSSR count). The molecule has 0 aliphatic carbocycles. The second-order valence-electron chi connectivity index (χ2n) is 2.67. The highest BCUT2D eigenvalue weighted by Crippen LogP contribution is 1.95. The molecule has 0 spiro atoms. The summed E-state index contributed by atoms with van der Waals surface area (Å²) >= 11 is 0. The molecule has 1 aliphatic rings. The van der Waals surface area contributed by atoms with Gasteiger partial charge in [0.25, 0.3) is 11.8 Å². The molecular formula is C11H10N2O2. The minimum absolute atomic E-state index is 0.329. The van der Waals surface area contributed by atoms with Gasteiger partial charge < -0.3 is 0 Å². The van der Waals surface area contributed by atoms with Crippen molar-refractivity contribution in [3.63, 3.8) is 0 Å². The quantitative estimate of drug-likeness (QED) is 0.689. The van der Waals surface area contributed by atoms with Crippen molar-refractivity contribution < 1.29 is 9.59 Å². The lowest BCUT2D eigenvalue weighted by molar-refractivity contribution is -0.123. The Morgan fingerprint density at radius 1 is 1.13 bits per heavy atom. The van der Waals surface area contributed by atoms with Crippen LogP contribution in [0.25, 0.3) is 6.08 Å². The SMILES string of the molecule is C=Cc1ccncc1.O=C1C=CC(=O)N1. The number of nitrogens with one attached hydrogen (secondary N) is 1. The van der Waals surface area contributed by atoms with Crippen LogP contribution in [0, 0.1) is 0 Å². The summed E-state index contributed by atoms with van der Waals surface area (Å²) in [5, 5.41) is 2.03. The zero-order valence-electron chi connectivity index (χ0n) is 8.01. The van der Waals surface area contributed by atoms with Crippen LogP contribution in [0.5, 0.6) is 0 Å². The van der Waals surface area contributed by atoms with E-state index in [9.17, 15) is 9.59 Å². The van der Waals surface area contributed by atoms with Gasteiger partial charge in [-0.2, -0.15) is 0 Å². The van der Waals surface area contributed by atoms with Gasteiger partial charge in [0.2, 0.25) is 0 Å². The predicted molar refractivity (Wildman–Crippen MR) is 56.6 cm³/mol. The van der Waals surface area contributed by atoms with E-state index in [1.54, 1.807) is 18.5 Å². The lowest BCUT2D eigenvalue weighted by Crippen LogP contribution is -2.19. The second-order valence-corrected chi connectivity index (χ2v) is 2.67. The first kappa shape index (κ1) is 10.8. The average molecular weight is 202 g/mol. The summed E-state index contributed by atoms with van der Waals surface area (Å²) in [6.07, 6.45) is 7.68. The van der Waals surface area contributed by atoms with Crippen molar-refractivity contribution >= 4 is 17.9 Å². The largest absolute Gasteiger partial charge is 0.289 e. The molecule has 0 atom stereocenters. The van der Waals surface area contributed by atoms with E-state index >= 15 is 0 Å². The third-order valence-corrected chi connectivity index (χ3v) is 1.57. The van der Waals surface area contributed by atoms with Gasteiger partial charge in [-0.15, -0.1) is 0 Å². The summed E-state index contributed by atoms with van der Waals surface area (Å²) in [7, 11) is 0. The Balaban J connectivity index is 0.000000151. The number of carbonyl (C=O) groups is 2. The molecule has 1 aromatic heterocycles. The number of hydrogen-bond donors (Lipinski definition) is 1. The Morgan fingerprint density at radius 3 is 1.93 bits per heavy atom. The molecular weight excluding hydrogens is 192 g/mol. The lowest BCUT2D eigenvalue weighted by Gasteiger charge is -1.84. The summed E-state index contributed by atoms with van der Waals surface area (Å²) in [4.78, 5) is 23.9. The number of carbonyl (C=O) groups excluding carboxylic acids is 2. The fourth-order valence-electron chi connectivity index (χ4n) is 0.856. The van der Waals surface area contributed by atoms with Gasteiger partial charge in [0.15, 0.2) is 0 Å². The van der Waals surface area contributed by atoms with Crippen LogP contribution in [-0.2, 0) is 9.59 Å². The van der Waals surface area contributed by atoms with Gasteiger partial charge in [-0.05, 0) is 17.7 Å². The van der Waals surface area contributed by atoms with E-state index in [0.717, 1.165) is 5.56 Å². The highest BCUT2D eigenvalue weighted by atomic mass is 16.2. The molecule has 4 nitrogen and oxygen atoms in total. The van der Waals surface area contributed by atoms with Crippen LogP contribution in [-0.4, -0.2) is 16.8 Å². The van der Waals surface area contributed by atoms with Crippen LogP contribution < -0.4 is 5.32 Å². The first-order chi connectivity index (χ1) is 7.22. The van der Waals surface area contributed by atoms with Gasteiger partial charge in [0.1, 0.15) is 0 Å². The van der Waals surface area contributed by atoms with E-state index in [-0.39, 0.29) is 11.8 Å². The van der Waals surface area contributed by atoms with E-state index in [2.05, 4.69) is 11.6 Å². The minimum Gasteiger partial charge on any atom is -0.289 e. The Hall–Kier alpha value is -2.23. The number of aromatic nitrogens is 1. The van der Waals surface area contributed by atoms with Crippen LogP contribution in [0.2, 0.25) is 0 Å². The highest BCUT2D eigenvalue weighted by Gasteiger charge is 2.06. The van der Waals surface area contributed by atoms with Crippen LogP contribution in [0.15, 0.2) is 43.3 Å². The summed E-state index contributed by atoms with van der Waals surface area (Å²) in [5.74, 6) is -0.657. The van der Waals surface area contributed by atoms with Crippen LogP contribution in [0.3, 0.4) is 0 Å². The molecule has 0 aromatic carbocycles. The second kappa shape index (κ2) is 5.49. The highest BCUT2D eigenvalue weighted by molar-refractivity contribution is 6.12. The van der Waals surface area contributed by atoms with Gasteiger partial charge in [-0.3, -0.25) is 19.9 Å². The summed E-state index contributed by atoms with van der Waals surface area (Å²) in [5.41, 5.74) is 1.11. The van der Waals surface area contributed by atoms with Crippen LogP contribution in [0.1, 0.15) is 5.56 Å². The fourth-order valence-corrected chi connectivity index (χ4v) is 0.856. The molecule has 0 radical (unpaired) electrons. The molecule has 0 bridgehead atoms. The molecule has 2 amide bonds. The molecule has 1 aromatic rings. The molecule has 1 N–H and O–H groups in total. The van der Waals surface area contributed by atoms with Crippen LogP contribution in [0.4, 0.5) is 0 Å². The van der Waals surface area contributed by atoms with Crippen molar-refractivity contribution in [1.29, 1.82) is 0 Å². The fraction of sp³-hybridized carbons (Fsp3) is 0. The van der Waals surface area contributed by atoms with E-state index in [1.165, 1.54) is 12.2 Å². The Morgan fingerprint density at radius 2 is 1.67 bits per heavy atom.